The van der Waals surface area contributed by atoms with Crippen LogP contribution in [-0.4, -0.2) is 11.1 Å². The molecule has 1 atom stereocenters. The van der Waals surface area contributed by atoms with E-state index < -0.39 is 0 Å². The van der Waals surface area contributed by atoms with E-state index in [0.29, 0.717) is 28.4 Å². The number of hydrogen-bond acceptors (Lipinski definition) is 2. The Hall–Kier alpha value is -1.22. The molecule has 0 amide bonds. The van der Waals surface area contributed by atoms with Crippen molar-refractivity contribution in [2.45, 2.75) is 32.4 Å². The van der Waals surface area contributed by atoms with Gasteiger partial charge in [0, 0.05) is 28.2 Å². The molecular formula is C17H19Cl2NO. The summed E-state index contributed by atoms with van der Waals surface area (Å²) < 4.78 is 0. The lowest BCUT2D eigenvalue weighted by atomic mass is 10.1. The van der Waals surface area contributed by atoms with Crippen LogP contribution in [0.3, 0.4) is 0 Å². The molecule has 0 aromatic heterocycles. The highest BCUT2D eigenvalue weighted by molar-refractivity contribution is 6.35. The van der Waals surface area contributed by atoms with Crippen LogP contribution >= 0.6 is 23.2 Å². The lowest BCUT2D eigenvalue weighted by Crippen LogP contribution is -2.26. The summed E-state index contributed by atoms with van der Waals surface area (Å²) in [4.78, 5) is 0. The van der Waals surface area contributed by atoms with Gasteiger partial charge in [-0.25, -0.2) is 0 Å². The van der Waals surface area contributed by atoms with Gasteiger partial charge >= 0.3 is 0 Å². The Labute approximate surface area is 135 Å². The molecule has 2 aromatic carbocycles. The van der Waals surface area contributed by atoms with Gasteiger partial charge in [-0.15, -0.1) is 0 Å². The maximum atomic E-state index is 9.26. The van der Waals surface area contributed by atoms with Gasteiger partial charge < -0.3 is 10.4 Å². The SMILES string of the molecule is CC(CCc1ccc(O)cc1)NCc1c(Cl)cccc1Cl. The van der Waals surface area contributed by atoms with Crippen LogP contribution in [0.25, 0.3) is 0 Å². The van der Waals surface area contributed by atoms with Crippen molar-refractivity contribution in [1.29, 1.82) is 0 Å². The molecule has 0 heterocycles. The summed E-state index contributed by atoms with van der Waals surface area (Å²) in [5, 5.41) is 14.1. The van der Waals surface area contributed by atoms with Crippen molar-refractivity contribution in [3.05, 3.63) is 63.6 Å². The Kier molecular flexibility index (Phi) is 5.92. The van der Waals surface area contributed by atoms with E-state index in [-0.39, 0.29) is 0 Å². The second-order valence-corrected chi connectivity index (χ2v) is 6.00. The molecular weight excluding hydrogens is 305 g/mol. The van der Waals surface area contributed by atoms with Crippen LogP contribution in [0.15, 0.2) is 42.5 Å². The van der Waals surface area contributed by atoms with Crippen LogP contribution in [0.4, 0.5) is 0 Å². The fourth-order valence-corrected chi connectivity index (χ4v) is 2.66. The highest BCUT2D eigenvalue weighted by Gasteiger charge is 2.08. The van der Waals surface area contributed by atoms with Crippen molar-refractivity contribution in [3.8, 4) is 5.75 Å². The number of aryl methyl sites for hydroxylation is 1. The number of nitrogens with one attached hydrogen (secondary N) is 1. The average Bonchev–Trinajstić information content (AvgIpc) is 2.46. The first-order chi connectivity index (χ1) is 10.1. The average molecular weight is 324 g/mol. The summed E-state index contributed by atoms with van der Waals surface area (Å²) >= 11 is 12.3. The van der Waals surface area contributed by atoms with Crippen LogP contribution < -0.4 is 5.32 Å². The van der Waals surface area contributed by atoms with Crippen LogP contribution in [0.2, 0.25) is 10.0 Å². The van der Waals surface area contributed by atoms with Gasteiger partial charge in [0.15, 0.2) is 0 Å². The number of phenolic OH excluding ortho intramolecular Hbond substituents is 1. The zero-order valence-corrected chi connectivity index (χ0v) is 13.5. The predicted octanol–water partition coefficient (Wildman–Crippen LogP) is 4.81. The first-order valence-electron chi connectivity index (χ1n) is 7.00. The highest BCUT2D eigenvalue weighted by Crippen LogP contribution is 2.24. The lowest BCUT2D eigenvalue weighted by Gasteiger charge is -2.15. The molecule has 0 aliphatic rings. The summed E-state index contributed by atoms with van der Waals surface area (Å²) in [6.45, 7) is 2.81. The maximum Gasteiger partial charge on any atom is 0.115 e. The van der Waals surface area contributed by atoms with E-state index in [9.17, 15) is 5.11 Å². The summed E-state index contributed by atoms with van der Waals surface area (Å²) in [6, 6.07) is 13.2. The molecule has 0 saturated carbocycles. The van der Waals surface area contributed by atoms with Crippen LogP contribution in [0.1, 0.15) is 24.5 Å². The Morgan fingerprint density at radius 1 is 1.05 bits per heavy atom. The highest BCUT2D eigenvalue weighted by atomic mass is 35.5. The number of benzene rings is 2. The molecule has 0 spiro atoms. The first kappa shape index (κ1) is 16.2. The van der Waals surface area contributed by atoms with Crippen molar-refractivity contribution in [1.82, 2.24) is 5.32 Å². The molecule has 21 heavy (non-hydrogen) atoms. The molecule has 0 fully saturated rings. The lowest BCUT2D eigenvalue weighted by molar-refractivity contribution is 0.474. The van der Waals surface area contributed by atoms with Crippen molar-refractivity contribution < 1.29 is 5.11 Å². The molecule has 112 valence electrons. The smallest absolute Gasteiger partial charge is 0.115 e. The fourth-order valence-electron chi connectivity index (χ4n) is 2.13. The third-order valence-corrected chi connectivity index (χ3v) is 4.20. The minimum absolute atomic E-state index is 0.304. The monoisotopic (exact) mass is 323 g/mol. The second-order valence-electron chi connectivity index (χ2n) is 5.19. The molecule has 0 saturated heterocycles. The number of phenols is 1. The second kappa shape index (κ2) is 7.69. The van der Waals surface area contributed by atoms with Crippen LogP contribution in [0, 0.1) is 0 Å². The summed E-state index contributed by atoms with van der Waals surface area (Å²) in [5.41, 5.74) is 2.16. The number of aromatic hydroxyl groups is 1. The largest absolute Gasteiger partial charge is 0.508 e. The molecule has 2 aromatic rings. The Balaban J connectivity index is 1.82. The zero-order valence-electron chi connectivity index (χ0n) is 11.9. The van der Waals surface area contributed by atoms with E-state index in [0.717, 1.165) is 18.4 Å². The molecule has 4 heteroatoms. The van der Waals surface area contributed by atoms with E-state index in [1.54, 1.807) is 12.1 Å². The van der Waals surface area contributed by atoms with Crippen molar-refractivity contribution >= 4 is 23.2 Å². The van der Waals surface area contributed by atoms with Crippen molar-refractivity contribution in [2.24, 2.45) is 0 Å². The Bertz CT molecular complexity index is 564. The third-order valence-electron chi connectivity index (χ3n) is 3.49. The summed E-state index contributed by atoms with van der Waals surface area (Å²) in [6.07, 6.45) is 1.97. The quantitative estimate of drug-likeness (QED) is 0.799. The van der Waals surface area contributed by atoms with Gasteiger partial charge in [0.2, 0.25) is 0 Å². The predicted molar refractivity (Wildman–Crippen MR) is 89.2 cm³/mol. The molecule has 2 N–H and O–H groups in total. The molecule has 2 rings (SSSR count). The van der Waals surface area contributed by atoms with E-state index in [1.807, 2.05) is 30.3 Å². The van der Waals surface area contributed by atoms with Crippen LogP contribution in [-0.2, 0) is 13.0 Å². The van der Waals surface area contributed by atoms with E-state index >= 15 is 0 Å². The minimum atomic E-state index is 0.304. The summed E-state index contributed by atoms with van der Waals surface area (Å²) in [5.74, 6) is 0.304. The van der Waals surface area contributed by atoms with Gasteiger partial charge in [0.1, 0.15) is 5.75 Å². The van der Waals surface area contributed by atoms with Gasteiger partial charge in [-0.2, -0.15) is 0 Å². The van der Waals surface area contributed by atoms with E-state index in [4.69, 9.17) is 23.2 Å². The molecule has 0 bridgehead atoms. The number of hydrogen-bond donors (Lipinski definition) is 2. The number of rotatable bonds is 6. The van der Waals surface area contributed by atoms with Gasteiger partial charge in [0.25, 0.3) is 0 Å². The fraction of sp³-hybridized carbons (Fsp3) is 0.294. The minimum Gasteiger partial charge on any atom is -0.508 e. The maximum absolute atomic E-state index is 9.26. The third kappa shape index (κ3) is 4.92. The Morgan fingerprint density at radius 3 is 2.29 bits per heavy atom. The topological polar surface area (TPSA) is 32.3 Å². The molecule has 0 radical (unpaired) electrons. The van der Waals surface area contributed by atoms with E-state index in [2.05, 4.69) is 12.2 Å². The molecule has 1 unspecified atom stereocenters. The van der Waals surface area contributed by atoms with Gasteiger partial charge in [-0.3, -0.25) is 0 Å². The first-order valence-corrected chi connectivity index (χ1v) is 7.76. The molecule has 0 aliphatic carbocycles. The normalized spacial score (nSPS) is 12.3. The van der Waals surface area contributed by atoms with Gasteiger partial charge in [-0.1, -0.05) is 41.4 Å². The van der Waals surface area contributed by atoms with Crippen molar-refractivity contribution in [3.63, 3.8) is 0 Å². The Morgan fingerprint density at radius 2 is 1.67 bits per heavy atom. The molecule has 0 aliphatic heterocycles. The van der Waals surface area contributed by atoms with Crippen LogP contribution in [0.5, 0.6) is 5.75 Å². The van der Waals surface area contributed by atoms with Crippen molar-refractivity contribution in [2.75, 3.05) is 0 Å². The van der Waals surface area contributed by atoms with E-state index in [1.165, 1.54) is 5.56 Å². The summed E-state index contributed by atoms with van der Waals surface area (Å²) in [7, 11) is 0. The van der Waals surface area contributed by atoms with Gasteiger partial charge in [0.05, 0.1) is 0 Å². The van der Waals surface area contributed by atoms with Gasteiger partial charge in [-0.05, 0) is 49.6 Å². The zero-order chi connectivity index (χ0) is 15.2. The molecule has 2 nitrogen and oxygen atoms in total. The standard InChI is InChI=1S/C17H19Cl2NO/c1-12(5-6-13-7-9-14(21)10-8-13)20-11-15-16(18)3-2-4-17(15)19/h2-4,7-10,12,20-21H,5-6,11H2,1H3. The number of halogens is 2.